The average molecular weight is 563 g/mol. The van der Waals surface area contributed by atoms with E-state index < -0.39 is 11.6 Å². The van der Waals surface area contributed by atoms with Crippen LogP contribution in [0.1, 0.15) is 36.9 Å². The Morgan fingerprint density at radius 1 is 1.20 bits per heavy atom. The lowest BCUT2D eigenvalue weighted by atomic mass is 10.0. The van der Waals surface area contributed by atoms with Gasteiger partial charge in [0.05, 0.1) is 35.9 Å². The third-order valence-corrected chi connectivity index (χ3v) is 8.00. The van der Waals surface area contributed by atoms with Crippen LogP contribution in [0.15, 0.2) is 53.7 Å². The van der Waals surface area contributed by atoms with Crippen LogP contribution in [0.5, 0.6) is 11.6 Å². The van der Waals surface area contributed by atoms with Gasteiger partial charge >= 0.3 is 0 Å². The highest BCUT2D eigenvalue weighted by Crippen LogP contribution is 2.35. The number of nitrogen functional groups attached to an aromatic ring is 1. The maximum absolute atomic E-state index is 14.6. The van der Waals surface area contributed by atoms with Crippen molar-refractivity contribution in [3.05, 3.63) is 81.9 Å². The maximum atomic E-state index is 14.6. The first kappa shape index (κ1) is 26.9. The summed E-state index contributed by atoms with van der Waals surface area (Å²) >= 11 is 0. The van der Waals surface area contributed by atoms with Crippen molar-refractivity contribution in [3.63, 3.8) is 0 Å². The number of pyridine rings is 3. The highest BCUT2D eigenvalue weighted by Gasteiger charge is 2.30. The second-order valence-corrected chi connectivity index (χ2v) is 10.7. The van der Waals surface area contributed by atoms with Crippen molar-refractivity contribution in [2.45, 2.75) is 44.9 Å². The SMILES string of the molecule is COc1cc(CN(Cc2cn3c4c(c(F)c(F)cc4c2=O)OC[C@H]3C)[C@H]2CCCN(c3ccc(N)nc3)C2)ccn1. The molecular weight excluding hydrogens is 530 g/mol. The number of rotatable bonds is 7. The number of hydrogen-bond donors (Lipinski definition) is 1. The van der Waals surface area contributed by atoms with Crippen LogP contribution in [-0.2, 0) is 13.1 Å². The van der Waals surface area contributed by atoms with Crippen molar-refractivity contribution < 1.29 is 18.3 Å². The van der Waals surface area contributed by atoms with Crippen molar-refractivity contribution >= 4 is 22.4 Å². The molecule has 0 spiro atoms. The van der Waals surface area contributed by atoms with Gasteiger partial charge in [-0.2, -0.15) is 4.39 Å². The van der Waals surface area contributed by atoms with Crippen LogP contribution in [0.2, 0.25) is 0 Å². The first-order chi connectivity index (χ1) is 19.8. The Bertz CT molecular complexity index is 1640. The molecule has 2 N–H and O–H groups in total. The average Bonchev–Trinajstić information content (AvgIpc) is 2.99. The fourth-order valence-electron chi connectivity index (χ4n) is 5.86. The molecule has 0 radical (unpaired) electrons. The molecule has 5 heterocycles. The summed E-state index contributed by atoms with van der Waals surface area (Å²) < 4.78 is 41.9. The molecule has 0 saturated carbocycles. The van der Waals surface area contributed by atoms with Crippen LogP contribution in [-0.4, -0.2) is 52.3 Å². The molecule has 1 saturated heterocycles. The Labute approximate surface area is 236 Å². The maximum Gasteiger partial charge on any atom is 0.213 e. The number of halogens is 2. The van der Waals surface area contributed by atoms with Gasteiger partial charge in [0.15, 0.2) is 17.0 Å². The van der Waals surface area contributed by atoms with E-state index in [1.54, 1.807) is 31.8 Å². The molecule has 9 nitrogen and oxygen atoms in total. The standard InChI is InChI=1S/C30H32F2N6O3/c1-18-17-41-30-27(32)24(31)11-23-28(30)38(18)15-20(29(23)39)14-37(13-19-7-8-34-26(10-19)40-2)22-4-3-9-36(16-22)21-5-6-25(33)35-12-21/h5-8,10-12,15,18,22H,3-4,9,13-14,16-17H2,1-2H3,(H2,33,35)/t18-,22+/m1/s1. The van der Waals surface area contributed by atoms with E-state index in [1.807, 2.05) is 29.7 Å². The molecule has 214 valence electrons. The van der Waals surface area contributed by atoms with E-state index in [2.05, 4.69) is 19.8 Å². The van der Waals surface area contributed by atoms with Gasteiger partial charge in [-0.15, -0.1) is 0 Å². The van der Waals surface area contributed by atoms with E-state index in [4.69, 9.17) is 15.2 Å². The highest BCUT2D eigenvalue weighted by atomic mass is 19.2. The monoisotopic (exact) mass is 562 g/mol. The molecule has 0 unspecified atom stereocenters. The smallest absolute Gasteiger partial charge is 0.213 e. The van der Waals surface area contributed by atoms with Crippen LogP contribution in [0.4, 0.5) is 20.3 Å². The summed E-state index contributed by atoms with van der Waals surface area (Å²) in [6, 6.07) is 8.51. The summed E-state index contributed by atoms with van der Waals surface area (Å²) in [6.45, 7) is 4.57. The number of hydrogen-bond acceptors (Lipinski definition) is 8. The second-order valence-electron chi connectivity index (χ2n) is 10.7. The molecular formula is C30H32F2N6O3. The first-order valence-electron chi connectivity index (χ1n) is 13.7. The Balaban J connectivity index is 1.39. The number of nitrogens with two attached hydrogens (primary N) is 1. The molecule has 2 atom stereocenters. The third kappa shape index (κ3) is 5.17. The van der Waals surface area contributed by atoms with Gasteiger partial charge in [-0.05, 0) is 49.6 Å². The summed E-state index contributed by atoms with van der Waals surface area (Å²) in [4.78, 5) is 26.8. The number of anilines is 2. The fourth-order valence-corrected chi connectivity index (χ4v) is 5.86. The van der Waals surface area contributed by atoms with Crippen molar-refractivity contribution in [3.8, 4) is 11.6 Å². The van der Waals surface area contributed by atoms with Gasteiger partial charge in [-0.1, -0.05) is 0 Å². The molecule has 0 bridgehead atoms. The third-order valence-electron chi connectivity index (χ3n) is 8.00. The minimum absolute atomic E-state index is 0.0955. The van der Waals surface area contributed by atoms with Gasteiger partial charge in [0.1, 0.15) is 12.4 Å². The number of nitrogens with zero attached hydrogens (tertiary/aromatic N) is 5. The Morgan fingerprint density at radius 2 is 2.05 bits per heavy atom. The van der Waals surface area contributed by atoms with E-state index in [9.17, 15) is 13.6 Å². The van der Waals surface area contributed by atoms with Gasteiger partial charge in [-0.25, -0.2) is 14.4 Å². The van der Waals surface area contributed by atoms with E-state index in [0.29, 0.717) is 35.9 Å². The molecule has 0 aliphatic carbocycles. The molecule has 6 rings (SSSR count). The normalized spacial score (nSPS) is 18.5. The summed E-state index contributed by atoms with van der Waals surface area (Å²) in [5, 5.41) is 0.117. The lowest BCUT2D eigenvalue weighted by molar-refractivity contribution is 0.157. The lowest BCUT2D eigenvalue weighted by Gasteiger charge is -2.40. The molecule has 2 aliphatic heterocycles. The van der Waals surface area contributed by atoms with Crippen LogP contribution in [0, 0.1) is 11.6 Å². The molecule has 3 aromatic heterocycles. The van der Waals surface area contributed by atoms with Gasteiger partial charge in [-0.3, -0.25) is 9.69 Å². The topological polar surface area (TPSA) is 98.7 Å². The number of benzene rings is 1. The summed E-state index contributed by atoms with van der Waals surface area (Å²) in [6.07, 6.45) is 7.15. The molecule has 1 fully saturated rings. The zero-order valence-corrected chi connectivity index (χ0v) is 23.0. The van der Waals surface area contributed by atoms with Crippen LogP contribution >= 0.6 is 0 Å². The number of piperidine rings is 1. The molecule has 2 aliphatic rings. The Hall–Kier alpha value is -4.25. The molecule has 11 heteroatoms. The number of methoxy groups -OCH3 is 1. The quantitative estimate of drug-likeness (QED) is 0.356. The minimum atomic E-state index is -1.09. The largest absolute Gasteiger partial charge is 0.486 e. The molecule has 1 aromatic carbocycles. The Morgan fingerprint density at radius 3 is 2.83 bits per heavy atom. The van der Waals surface area contributed by atoms with Gasteiger partial charge < -0.3 is 24.7 Å². The van der Waals surface area contributed by atoms with Crippen LogP contribution in [0.25, 0.3) is 10.9 Å². The fraction of sp³-hybridized carbons (Fsp3) is 0.367. The van der Waals surface area contributed by atoms with Crippen LogP contribution in [0.3, 0.4) is 0 Å². The van der Waals surface area contributed by atoms with E-state index in [1.165, 1.54) is 0 Å². The number of ether oxygens (including phenoxy) is 2. The molecule has 4 aromatic rings. The Kier molecular flexibility index (Phi) is 7.21. The van der Waals surface area contributed by atoms with Crippen molar-refractivity contribution in [1.29, 1.82) is 0 Å². The van der Waals surface area contributed by atoms with Crippen molar-refractivity contribution in [2.75, 3.05) is 37.4 Å². The predicted octanol–water partition coefficient (Wildman–Crippen LogP) is 4.29. The van der Waals surface area contributed by atoms with Gasteiger partial charge in [0.2, 0.25) is 11.7 Å². The van der Waals surface area contributed by atoms with Crippen molar-refractivity contribution in [1.82, 2.24) is 19.4 Å². The lowest BCUT2D eigenvalue weighted by Crippen LogP contribution is -2.48. The van der Waals surface area contributed by atoms with Crippen LogP contribution < -0.4 is 25.5 Å². The molecule has 0 amide bonds. The molecule has 41 heavy (non-hydrogen) atoms. The zero-order chi connectivity index (χ0) is 28.7. The number of aromatic nitrogens is 3. The van der Waals surface area contributed by atoms with Gasteiger partial charge in [0, 0.05) is 56.2 Å². The first-order valence-corrected chi connectivity index (χ1v) is 13.7. The minimum Gasteiger partial charge on any atom is -0.486 e. The summed E-state index contributed by atoms with van der Waals surface area (Å²) in [7, 11) is 1.58. The predicted molar refractivity (Wildman–Crippen MR) is 152 cm³/mol. The van der Waals surface area contributed by atoms with E-state index in [-0.39, 0.29) is 35.3 Å². The summed E-state index contributed by atoms with van der Waals surface area (Å²) in [5.74, 6) is -1.39. The van der Waals surface area contributed by atoms with E-state index >= 15 is 0 Å². The highest BCUT2D eigenvalue weighted by molar-refractivity contribution is 5.86. The summed E-state index contributed by atoms with van der Waals surface area (Å²) in [5.41, 5.74) is 8.26. The van der Waals surface area contributed by atoms with Crippen molar-refractivity contribution in [2.24, 2.45) is 0 Å². The van der Waals surface area contributed by atoms with Gasteiger partial charge in [0.25, 0.3) is 0 Å². The van der Waals surface area contributed by atoms with E-state index in [0.717, 1.165) is 43.2 Å². The zero-order valence-electron chi connectivity index (χ0n) is 23.0. The second kappa shape index (κ2) is 11.0.